The standard InChI is InChI=1S/C17H15ClN2O2S/c1-11(23-15-9-5-13(18)6-10-15)16-19-20-17(22-16)12-3-7-14(21-2)8-4-12/h3-11H,1-2H3/t11-/m1/s1. The maximum absolute atomic E-state index is 5.90. The molecule has 6 heteroatoms. The van der Waals surface area contributed by atoms with Gasteiger partial charge in [0.25, 0.3) is 0 Å². The Morgan fingerprint density at radius 2 is 1.74 bits per heavy atom. The minimum atomic E-state index is 0.0515. The molecule has 118 valence electrons. The van der Waals surface area contributed by atoms with Gasteiger partial charge in [-0.1, -0.05) is 11.6 Å². The summed E-state index contributed by atoms with van der Waals surface area (Å²) in [5, 5.41) is 9.06. The molecule has 0 aliphatic heterocycles. The quantitative estimate of drug-likeness (QED) is 0.590. The van der Waals surface area contributed by atoms with Gasteiger partial charge in [0.05, 0.1) is 12.4 Å². The van der Waals surface area contributed by atoms with Crippen LogP contribution in [0.25, 0.3) is 11.5 Å². The van der Waals surface area contributed by atoms with Crippen molar-refractivity contribution in [3.8, 4) is 17.2 Å². The van der Waals surface area contributed by atoms with Crippen molar-refractivity contribution in [2.75, 3.05) is 7.11 Å². The first-order valence-corrected chi connectivity index (χ1v) is 8.31. The molecule has 0 radical (unpaired) electrons. The molecule has 0 saturated carbocycles. The highest BCUT2D eigenvalue weighted by atomic mass is 35.5. The molecule has 0 spiro atoms. The van der Waals surface area contributed by atoms with Crippen molar-refractivity contribution in [1.82, 2.24) is 10.2 Å². The fourth-order valence-electron chi connectivity index (χ4n) is 2.02. The van der Waals surface area contributed by atoms with Gasteiger partial charge in [0.2, 0.25) is 11.8 Å². The zero-order chi connectivity index (χ0) is 16.2. The van der Waals surface area contributed by atoms with Crippen LogP contribution in [0.4, 0.5) is 0 Å². The van der Waals surface area contributed by atoms with E-state index in [1.165, 1.54) is 0 Å². The van der Waals surface area contributed by atoms with E-state index in [1.807, 2.05) is 55.5 Å². The Morgan fingerprint density at radius 3 is 2.39 bits per heavy atom. The molecule has 4 nitrogen and oxygen atoms in total. The number of nitrogens with zero attached hydrogens (tertiary/aromatic N) is 2. The molecule has 0 bridgehead atoms. The summed E-state index contributed by atoms with van der Waals surface area (Å²) in [6, 6.07) is 15.2. The maximum atomic E-state index is 5.90. The fraction of sp³-hybridized carbons (Fsp3) is 0.176. The number of rotatable bonds is 5. The van der Waals surface area contributed by atoms with Crippen LogP contribution in [0.3, 0.4) is 0 Å². The van der Waals surface area contributed by atoms with E-state index in [-0.39, 0.29) is 5.25 Å². The molecule has 0 aliphatic carbocycles. The van der Waals surface area contributed by atoms with Crippen molar-refractivity contribution in [2.45, 2.75) is 17.1 Å². The van der Waals surface area contributed by atoms with Gasteiger partial charge < -0.3 is 9.15 Å². The van der Waals surface area contributed by atoms with Gasteiger partial charge in [-0.2, -0.15) is 0 Å². The molecular formula is C17H15ClN2O2S. The number of aromatic nitrogens is 2. The van der Waals surface area contributed by atoms with Gasteiger partial charge in [0.1, 0.15) is 5.75 Å². The van der Waals surface area contributed by atoms with Gasteiger partial charge in [0, 0.05) is 15.5 Å². The summed E-state index contributed by atoms with van der Waals surface area (Å²) >= 11 is 7.54. The largest absolute Gasteiger partial charge is 0.497 e. The third-order valence-electron chi connectivity index (χ3n) is 3.25. The van der Waals surface area contributed by atoms with Crippen LogP contribution in [-0.4, -0.2) is 17.3 Å². The highest BCUT2D eigenvalue weighted by molar-refractivity contribution is 7.99. The Balaban J connectivity index is 1.73. The fourth-order valence-corrected chi connectivity index (χ4v) is 3.04. The zero-order valence-electron chi connectivity index (χ0n) is 12.7. The van der Waals surface area contributed by atoms with Crippen LogP contribution in [0.15, 0.2) is 57.8 Å². The number of methoxy groups -OCH3 is 1. The second-order valence-corrected chi connectivity index (χ2v) is 6.74. The number of halogens is 1. The Labute approximate surface area is 143 Å². The van der Waals surface area contributed by atoms with Gasteiger partial charge in [-0.05, 0) is 55.5 Å². The van der Waals surface area contributed by atoms with Crippen molar-refractivity contribution >= 4 is 23.4 Å². The minimum Gasteiger partial charge on any atom is -0.497 e. The molecule has 23 heavy (non-hydrogen) atoms. The second kappa shape index (κ2) is 7.06. The lowest BCUT2D eigenvalue weighted by Crippen LogP contribution is -1.88. The van der Waals surface area contributed by atoms with E-state index in [2.05, 4.69) is 10.2 Å². The molecule has 3 rings (SSSR count). The van der Waals surface area contributed by atoms with E-state index < -0.39 is 0 Å². The molecule has 0 fully saturated rings. The second-order valence-electron chi connectivity index (χ2n) is 4.89. The summed E-state index contributed by atoms with van der Waals surface area (Å²) in [6.45, 7) is 2.03. The summed E-state index contributed by atoms with van der Waals surface area (Å²) in [6.07, 6.45) is 0. The Kier molecular flexibility index (Phi) is 4.88. The summed E-state index contributed by atoms with van der Waals surface area (Å²) in [5.41, 5.74) is 0.869. The Bertz CT molecular complexity index is 772. The molecule has 1 aromatic heterocycles. The van der Waals surface area contributed by atoms with E-state index in [0.29, 0.717) is 11.8 Å². The lowest BCUT2D eigenvalue weighted by molar-refractivity contribution is 0.415. The van der Waals surface area contributed by atoms with Crippen molar-refractivity contribution in [3.05, 3.63) is 59.4 Å². The highest BCUT2D eigenvalue weighted by Crippen LogP contribution is 2.35. The smallest absolute Gasteiger partial charge is 0.247 e. The van der Waals surface area contributed by atoms with Gasteiger partial charge in [-0.25, -0.2) is 0 Å². The maximum Gasteiger partial charge on any atom is 0.247 e. The summed E-state index contributed by atoms with van der Waals surface area (Å²) in [4.78, 5) is 1.10. The minimum absolute atomic E-state index is 0.0515. The molecule has 3 aromatic rings. The van der Waals surface area contributed by atoms with Crippen LogP contribution in [0.5, 0.6) is 5.75 Å². The van der Waals surface area contributed by atoms with Crippen LogP contribution in [0.1, 0.15) is 18.1 Å². The summed E-state index contributed by atoms with van der Waals surface area (Å²) < 4.78 is 10.9. The molecule has 0 N–H and O–H groups in total. The number of benzene rings is 2. The SMILES string of the molecule is COc1ccc(-c2nnc([C@@H](C)Sc3ccc(Cl)cc3)o2)cc1. The zero-order valence-corrected chi connectivity index (χ0v) is 14.3. The topological polar surface area (TPSA) is 48.2 Å². The third kappa shape index (κ3) is 3.86. The van der Waals surface area contributed by atoms with E-state index in [9.17, 15) is 0 Å². The number of hydrogen-bond acceptors (Lipinski definition) is 5. The van der Waals surface area contributed by atoms with Crippen molar-refractivity contribution in [2.24, 2.45) is 0 Å². The van der Waals surface area contributed by atoms with Crippen LogP contribution < -0.4 is 4.74 Å². The predicted molar refractivity (Wildman–Crippen MR) is 92.0 cm³/mol. The third-order valence-corrected chi connectivity index (χ3v) is 4.60. The van der Waals surface area contributed by atoms with Crippen molar-refractivity contribution < 1.29 is 9.15 Å². The van der Waals surface area contributed by atoms with Crippen LogP contribution in [0.2, 0.25) is 5.02 Å². The first-order valence-electron chi connectivity index (χ1n) is 7.06. The average Bonchev–Trinajstić information content (AvgIpc) is 3.07. The van der Waals surface area contributed by atoms with E-state index in [1.54, 1.807) is 18.9 Å². The number of ether oxygens (including phenoxy) is 1. The molecule has 0 saturated heterocycles. The van der Waals surface area contributed by atoms with Crippen molar-refractivity contribution in [1.29, 1.82) is 0 Å². The number of hydrogen-bond donors (Lipinski definition) is 0. The van der Waals surface area contributed by atoms with Gasteiger partial charge in [-0.15, -0.1) is 22.0 Å². The normalized spacial score (nSPS) is 12.1. The van der Waals surface area contributed by atoms with E-state index in [0.717, 1.165) is 21.2 Å². The lowest BCUT2D eigenvalue weighted by atomic mass is 10.2. The first kappa shape index (κ1) is 15.9. The molecular weight excluding hydrogens is 332 g/mol. The summed E-state index contributed by atoms with van der Waals surface area (Å²) in [7, 11) is 1.63. The predicted octanol–water partition coefficient (Wildman–Crippen LogP) is 5.25. The molecule has 1 heterocycles. The molecule has 0 amide bonds. The van der Waals surface area contributed by atoms with Crippen LogP contribution in [-0.2, 0) is 0 Å². The lowest BCUT2D eigenvalue weighted by Gasteiger charge is -2.06. The molecule has 1 atom stereocenters. The van der Waals surface area contributed by atoms with Crippen LogP contribution in [0, 0.1) is 0 Å². The monoisotopic (exact) mass is 346 g/mol. The molecule has 2 aromatic carbocycles. The Hall–Kier alpha value is -1.98. The van der Waals surface area contributed by atoms with E-state index >= 15 is 0 Å². The Morgan fingerprint density at radius 1 is 1.04 bits per heavy atom. The van der Waals surface area contributed by atoms with E-state index in [4.69, 9.17) is 20.8 Å². The van der Waals surface area contributed by atoms with Gasteiger partial charge in [0.15, 0.2) is 0 Å². The highest BCUT2D eigenvalue weighted by Gasteiger charge is 2.16. The molecule has 0 unspecified atom stereocenters. The molecule has 0 aliphatic rings. The average molecular weight is 347 g/mol. The van der Waals surface area contributed by atoms with Gasteiger partial charge >= 0.3 is 0 Å². The number of thioether (sulfide) groups is 1. The van der Waals surface area contributed by atoms with Crippen molar-refractivity contribution in [3.63, 3.8) is 0 Å². The van der Waals surface area contributed by atoms with Gasteiger partial charge in [-0.3, -0.25) is 0 Å². The first-order chi connectivity index (χ1) is 11.2. The van der Waals surface area contributed by atoms with Crippen LogP contribution >= 0.6 is 23.4 Å². The summed E-state index contributed by atoms with van der Waals surface area (Å²) in [5.74, 6) is 1.89.